The van der Waals surface area contributed by atoms with Crippen LogP contribution in [0.15, 0.2) is 52.1 Å². The SMILES string of the molecule is Cc1noc2ncc(S(=O)(=O)Nc3ccc4[nH]ccc4c3)cc12. The van der Waals surface area contributed by atoms with Gasteiger partial charge >= 0.3 is 0 Å². The minimum Gasteiger partial charge on any atom is -0.361 e. The van der Waals surface area contributed by atoms with Crippen LogP contribution in [0.4, 0.5) is 5.69 Å². The maximum Gasteiger partial charge on any atom is 0.263 e. The van der Waals surface area contributed by atoms with Crippen molar-refractivity contribution in [2.24, 2.45) is 0 Å². The van der Waals surface area contributed by atoms with E-state index in [1.165, 1.54) is 12.3 Å². The largest absolute Gasteiger partial charge is 0.361 e. The number of sulfonamides is 1. The van der Waals surface area contributed by atoms with Crippen LogP contribution in [0.1, 0.15) is 5.69 Å². The molecule has 0 spiro atoms. The number of rotatable bonds is 3. The second-order valence-corrected chi connectivity index (χ2v) is 6.86. The Hall–Kier alpha value is -2.87. The normalized spacial score (nSPS) is 12.0. The van der Waals surface area contributed by atoms with Crippen LogP contribution in [-0.2, 0) is 10.0 Å². The fourth-order valence-corrected chi connectivity index (χ4v) is 3.42. The summed E-state index contributed by atoms with van der Waals surface area (Å²) in [4.78, 5) is 7.12. The first-order valence-corrected chi connectivity index (χ1v) is 8.33. The lowest BCUT2D eigenvalue weighted by molar-refractivity contribution is 0.442. The van der Waals surface area contributed by atoms with E-state index in [0.29, 0.717) is 22.5 Å². The van der Waals surface area contributed by atoms with E-state index in [1.54, 1.807) is 25.3 Å². The van der Waals surface area contributed by atoms with Crippen LogP contribution in [0.5, 0.6) is 0 Å². The van der Waals surface area contributed by atoms with Crippen molar-refractivity contribution in [3.8, 4) is 0 Å². The van der Waals surface area contributed by atoms with E-state index in [2.05, 4.69) is 19.8 Å². The molecule has 0 fully saturated rings. The summed E-state index contributed by atoms with van der Waals surface area (Å²) in [5.41, 5.74) is 2.34. The molecule has 23 heavy (non-hydrogen) atoms. The molecule has 4 aromatic rings. The molecule has 116 valence electrons. The summed E-state index contributed by atoms with van der Waals surface area (Å²) in [6.07, 6.45) is 3.06. The minimum atomic E-state index is -3.74. The molecule has 3 aromatic heterocycles. The highest BCUT2D eigenvalue weighted by Crippen LogP contribution is 2.23. The average Bonchev–Trinajstić information content (AvgIpc) is 3.13. The minimum absolute atomic E-state index is 0.0606. The van der Waals surface area contributed by atoms with Gasteiger partial charge < -0.3 is 9.51 Å². The first-order valence-electron chi connectivity index (χ1n) is 6.85. The summed E-state index contributed by atoms with van der Waals surface area (Å²) in [6.45, 7) is 1.73. The zero-order valence-corrected chi connectivity index (χ0v) is 12.9. The molecule has 0 amide bonds. The molecule has 0 saturated heterocycles. The Morgan fingerprint density at radius 3 is 2.96 bits per heavy atom. The van der Waals surface area contributed by atoms with Crippen LogP contribution in [0, 0.1) is 6.92 Å². The number of aromatic amines is 1. The van der Waals surface area contributed by atoms with E-state index >= 15 is 0 Å². The van der Waals surface area contributed by atoms with Crippen molar-refractivity contribution in [3.05, 3.63) is 48.4 Å². The summed E-state index contributed by atoms with van der Waals surface area (Å²) in [7, 11) is -3.74. The quantitative estimate of drug-likeness (QED) is 0.602. The highest BCUT2D eigenvalue weighted by Gasteiger charge is 2.18. The molecule has 0 aliphatic carbocycles. The maximum absolute atomic E-state index is 12.5. The summed E-state index contributed by atoms with van der Waals surface area (Å²) in [6, 6.07) is 8.67. The zero-order chi connectivity index (χ0) is 16.0. The molecular weight excluding hydrogens is 316 g/mol. The molecule has 3 heterocycles. The molecule has 0 unspecified atom stereocenters. The van der Waals surface area contributed by atoms with Crippen molar-refractivity contribution in [1.82, 2.24) is 15.1 Å². The second-order valence-electron chi connectivity index (χ2n) is 5.18. The number of hydrogen-bond acceptors (Lipinski definition) is 5. The van der Waals surface area contributed by atoms with Gasteiger partial charge in [0.1, 0.15) is 4.90 Å². The van der Waals surface area contributed by atoms with Crippen molar-refractivity contribution in [1.29, 1.82) is 0 Å². The van der Waals surface area contributed by atoms with Gasteiger partial charge in [-0.3, -0.25) is 4.72 Å². The summed E-state index contributed by atoms with van der Waals surface area (Å²) in [5.74, 6) is 0. The Balaban J connectivity index is 1.74. The number of pyridine rings is 1. The van der Waals surface area contributed by atoms with Gasteiger partial charge in [-0.05, 0) is 37.3 Å². The van der Waals surface area contributed by atoms with Gasteiger partial charge in [0.25, 0.3) is 15.7 Å². The second kappa shape index (κ2) is 4.82. The van der Waals surface area contributed by atoms with Crippen LogP contribution in [-0.4, -0.2) is 23.5 Å². The summed E-state index contributed by atoms with van der Waals surface area (Å²) < 4.78 is 32.6. The van der Waals surface area contributed by atoms with Crippen LogP contribution in [0.2, 0.25) is 0 Å². The lowest BCUT2D eigenvalue weighted by Crippen LogP contribution is -2.13. The first kappa shape index (κ1) is 13.8. The third-order valence-electron chi connectivity index (χ3n) is 3.60. The predicted octanol–water partition coefficient (Wildman–Crippen LogP) is 2.81. The first-order chi connectivity index (χ1) is 11.0. The number of fused-ring (bicyclic) bond motifs is 2. The third kappa shape index (κ3) is 2.33. The Morgan fingerprint density at radius 2 is 2.09 bits per heavy atom. The van der Waals surface area contributed by atoms with Crippen molar-refractivity contribution in [2.45, 2.75) is 11.8 Å². The molecule has 0 saturated carbocycles. The Labute approximate surface area is 131 Å². The predicted molar refractivity (Wildman–Crippen MR) is 85.6 cm³/mol. The van der Waals surface area contributed by atoms with Gasteiger partial charge in [0, 0.05) is 22.8 Å². The van der Waals surface area contributed by atoms with Crippen molar-refractivity contribution in [2.75, 3.05) is 4.72 Å². The number of aromatic nitrogens is 3. The van der Waals surface area contributed by atoms with Gasteiger partial charge in [-0.2, -0.15) is 0 Å². The lowest BCUT2D eigenvalue weighted by Gasteiger charge is -2.08. The van der Waals surface area contributed by atoms with E-state index in [0.717, 1.165) is 10.9 Å². The highest BCUT2D eigenvalue weighted by atomic mass is 32.2. The number of aryl methyl sites for hydroxylation is 1. The standard InChI is InChI=1S/C15H12N4O3S/c1-9-13-7-12(8-17-15(13)22-18-9)23(20,21)19-11-2-3-14-10(6-11)4-5-16-14/h2-8,16,19H,1H3. The van der Waals surface area contributed by atoms with Gasteiger partial charge in [-0.25, -0.2) is 13.4 Å². The lowest BCUT2D eigenvalue weighted by atomic mass is 10.2. The molecule has 2 N–H and O–H groups in total. The number of benzene rings is 1. The Morgan fingerprint density at radius 1 is 1.22 bits per heavy atom. The van der Waals surface area contributed by atoms with Gasteiger partial charge in [-0.1, -0.05) is 5.16 Å². The molecule has 7 nitrogen and oxygen atoms in total. The van der Waals surface area contributed by atoms with Gasteiger partial charge in [-0.15, -0.1) is 0 Å². The van der Waals surface area contributed by atoms with E-state index in [-0.39, 0.29) is 4.90 Å². The van der Waals surface area contributed by atoms with Crippen LogP contribution >= 0.6 is 0 Å². The molecule has 1 aromatic carbocycles. The van der Waals surface area contributed by atoms with E-state index < -0.39 is 10.0 Å². The highest BCUT2D eigenvalue weighted by molar-refractivity contribution is 7.92. The van der Waals surface area contributed by atoms with Crippen LogP contribution < -0.4 is 4.72 Å². The molecule has 0 aliphatic heterocycles. The fourth-order valence-electron chi connectivity index (χ4n) is 2.40. The summed E-state index contributed by atoms with van der Waals surface area (Å²) >= 11 is 0. The van der Waals surface area contributed by atoms with Crippen molar-refractivity contribution < 1.29 is 12.9 Å². The van der Waals surface area contributed by atoms with Crippen LogP contribution in [0.25, 0.3) is 22.0 Å². The molecular formula is C15H12N4O3S. The van der Waals surface area contributed by atoms with Crippen molar-refractivity contribution in [3.63, 3.8) is 0 Å². The van der Waals surface area contributed by atoms with Gasteiger partial charge in [0.15, 0.2) is 0 Å². The number of anilines is 1. The number of hydrogen-bond donors (Lipinski definition) is 2. The topological polar surface area (TPSA) is 101 Å². The zero-order valence-electron chi connectivity index (χ0n) is 12.1. The third-order valence-corrected chi connectivity index (χ3v) is 4.95. The maximum atomic E-state index is 12.5. The Bertz CT molecular complexity index is 1130. The monoisotopic (exact) mass is 328 g/mol. The van der Waals surface area contributed by atoms with Gasteiger partial charge in [0.2, 0.25) is 0 Å². The van der Waals surface area contributed by atoms with E-state index in [4.69, 9.17) is 4.52 Å². The molecule has 4 rings (SSSR count). The summed E-state index contributed by atoms with van der Waals surface area (Å²) in [5, 5.41) is 5.28. The van der Waals surface area contributed by atoms with Crippen LogP contribution in [0.3, 0.4) is 0 Å². The number of nitrogens with one attached hydrogen (secondary N) is 2. The smallest absolute Gasteiger partial charge is 0.263 e. The van der Waals surface area contributed by atoms with E-state index in [1.807, 2.05) is 12.1 Å². The fraction of sp³-hybridized carbons (Fsp3) is 0.0667. The molecule has 0 aliphatic rings. The molecule has 0 atom stereocenters. The molecule has 0 bridgehead atoms. The van der Waals surface area contributed by atoms with Crippen molar-refractivity contribution >= 4 is 37.7 Å². The van der Waals surface area contributed by atoms with E-state index in [9.17, 15) is 8.42 Å². The Kier molecular flexibility index (Phi) is 2.88. The van der Waals surface area contributed by atoms with Gasteiger partial charge in [0.05, 0.1) is 17.3 Å². The number of H-pyrrole nitrogens is 1. The molecule has 8 heteroatoms. The molecule has 0 radical (unpaired) electrons. The average molecular weight is 328 g/mol. The number of nitrogens with zero attached hydrogens (tertiary/aromatic N) is 2.